The van der Waals surface area contributed by atoms with Gasteiger partial charge in [-0.1, -0.05) is 34.1 Å². The minimum Gasteiger partial charge on any atom is -0.380 e. The zero-order valence-corrected chi connectivity index (χ0v) is 12.7. The van der Waals surface area contributed by atoms with E-state index in [4.69, 9.17) is 5.26 Å². The summed E-state index contributed by atoms with van der Waals surface area (Å²) in [6.07, 6.45) is 3.69. The molecule has 2 aromatic carbocycles. The highest BCUT2D eigenvalue weighted by Crippen LogP contribution is 2.24. The highest BCUT2D eigenvalue weighted by Gasteiger charge is 2.10. The standard InChI is InChI=1S/C17H15BrN2/c18-16-6-7-17(15(9-16)10-19)20-11-12-4-5-13-2-1-3-14(13)8-12/h4-9,20H,1-3,11H2. The SMILES string of the molecule is N#Cc1cc(Br)ccc1NCc1ccc2c(c1)CCC2. The lowest BCUT2D eigenvalue weighted by molar-refractivity contribution is 0.911. The van der Waals surface area contributed by atoms with Crippen molar-refractivity contribution in [3.8, 4) is 6.07 Å². The molecule has 3 heteroatoms. The second kappa shape index (κ2) is 5.68. The van der Waals surface area contributed by atoms with Crippen molar-refractivity contribution in [2.24, 2.45) is 0 Å². The number of aryl methyl sites for hydroxylation is 2. The molecule has 2 aromatic rings. The van der Waals surface area contributed by atoms with E-state index in [1.54, 1.807) is 0 Å². The van der Waals surface area contributed by atoms with Crippen LogP contribution < -0.4 is 5.32 Å². The average Bonchev–Trinajstić information content (AvgIpc) is 2.93. The van der Waals surface area contributed by atoms with Crippen molar-refractivity contribution >= 4 is 21.6 Å². The maximum Gasteiger partial charge on any atom is 0.101 e. The maximum atomic E-state index is 9.16. The van der Waals surface area contributed by atoms with Crippen LogP contribution in [0.4, 0.5) is 5.69 Å². The lowest BCUT2D eigenvalue weighted by Crippen LogP contribution is -2.02. The fourth-order valence-corrected chi connectivity index (χ4v) is 3.06. The van der Waals surface area contributed by atoms with Gasteiger partial charge < -0.3 is 5.32 Å². The van der Waals surface area contributed by atoms with Gasteiger partial charge in [0.25, 0.3) is 0 Å². The molecule has 2 nitrogen and oxygen atoms in total. The summed E-state index contributed by atoms with van der Waals surface area (Å²) in [6, 6.07) is 14.7. The van der Waals surface area contributed by atoms with Crippen molar-refractivity contribution in [1.82, 2.24) is 0 Å². The Morgan fingerprint density at radius 2 is 1.95 bits per heavy atom. The van der Waals surface area contributed by atoms with Gasteiger partial charge in [-0.05, 0) is 54.2 Å². The molecule has 0 heterocycles. The number of halogens is 1. The predicted octanol–water partition coefficient (Wildman–Crippen LogP) is 4.42. The van der Waals surface area contributed by atoms with Crippen LogP contribution in [0, 0.1) is 11.3 Å². The van der Waals surface area contributed by atoms with Gasteiger partial charge in [-0.25, -0.2) is 0 Å². The van der Waals surface area contributed by atoms with E-state index in [-0.39, 0.29) is 0 Å². The van der Waals surface area contributed by atoms with Crippen molar-refractivity contribution in [3.63, 3.8) is 0 Å². The zero-order chi connectivity index (χ0) is 13.9. The van der Waals surface area contributed by atoms with Crippen LogP contribution >= 0.6 is 15.9 Å². The Balaban J connectivity index is 1.75. The molecule has 0 saturated carbocycles. The van der Waals surface area contributed by atoms with Crippen LogP contribution in [0.2, 0.25) is 0 Å². The number of fused-ring (bicyclic) bond motifs is 1. The fourth-order valence-electron chi connectivity index (χ4n) is 2.70. The van der Waals surface area contributed by atoms with Gasteiger partial charge in [0.2, 0.25) is 0 Å². The Morgan fingerprint density at radius 1 is 1.10 bits per heavy atom. The number of benzene rings is 2. The normalized spacial score (nSPS) is 12.8. The summed E-state index contributed by atoms with van der Waals surface area (Å²) >= 11 is 3.39. The monoisotopic (exact) mass is 326 g/mol. The van der Waals surface area contributed by atoms with Gasteiger partial charge in [0.1, 0.15) is 6.07 Å². The predicted molar refractivity (Wildman–Crippen MR) is 84.7 cm³/mol. The lowest BCUT2D eigenvalue weighted by atomic mass is 10.1. The molecule has 0 amide bonds. The van der Waals surface area contributed by atoms with Crippen LogP contribution in [0.3, 0.4) is 0 Å². The smallest absolute Gasteiger partial charge is 0.101 e. The van der Waals surface area contributed by atoms with E-state index < -0.39 is 0 Å². The lowest BCUT2D eigenvalue weighted by Gasteiger charge is -2.10. The summed E-state index contributed by atoms with van der Waals surface area (Å²) < 4.78 is 0.928. The summed E-state index contributed by atoms with van der Waals surface area (Å²) in [7, 11) is 0. The van der Waals surface area contributed by atoms with Crippen LogP contribution in [0.25, 0.3) is 0 Å². The van der Waals surface area contributed by atoms with E-state index >= 15 is 0 Å². The second-order valence-electron chi connectivity index (χ2n) is 5.11. The van der Waals surface area contributed by atoms with Crippen LogP contribution in [0.15, 0.2) is 40.9 Å². The maximum absolute atomic E-state index is 9.16. The summed E-state index contributed by atoms with van der Waals surface area (Å²) in [4.78, 5) is 0. The molecule has 0 aromatic heterocycles. The molecule has 0 spiro atoms. The van der Waals surface area contributed by atoms with Crippen molar-refractivity contribution in [3.05, 3.63) is 63.1 Å². The molecule has 100 valence electrons. The third-order valence-corrected chi connectivity index (χ3v) is 4.24. The Labute approximate surface area is 127 Å². The number of hydrogen-bond donors (Lipinski definition) is 1. The minimum atomic E-state index is 0.667. The number of rotatable bonds is 3. The molecular formula is C17H15BrN2. The van der Waals surface area contributed by atoms with Gasteiger partial charge in [-0.3, -0.25) is 0 Å². The van der Waals surface area contributed by atoms with Crippen LogP contribution in [0.1, 0.15) is 28.7 Å². The first kappa shape index (κ1) is 13.2. The summed E-state index contributed by atoms with van der Waals surface area (Å²) in [5.74, 6) is 0. The second-order valence-corrected chi connectivity index (χ2v) is 6.03. The molecule has 0 saturated heterocycles. The molecule has 3 rings (SSSR count). The molecule has 1 N–H and O–H groups in total. The van der Waals surface area contributed by atoms with E-state index in [9.17, 15) is 0 Å². The van der Waals surface area contributed by atoms with Gasteiger partial charge in [-0.2, -0.15) is 5.26 Å². The highest BCUT2D eigenvalue weighted by atomic mass is 79.9. The summed E-state index contributed by atoms with van der Waals surface area (Å²) in [6.45, 7) is 0.754. The van der Waals surface area contributed by atoms with E-state index in [1.807, 2.05) is 18.2 Å². The van der Waals surface area contributed by atoms with E-state index in [2.05, 4.69) is 45.5 Å². The third kappa shape index (κ3) is 2.71. The zero-order valence-electron chi connectivity index (χ0n) is 11.1. The van der Waals surface area contributed by atoms with Crippen molar-refractivity contribution in [2.75, 3.05) is 5.32 Å². The number of anilines is 1. The molecular weight excluding hydrogens is 312 g/mol. The number of nitrogens with one attached hydrogen (secondary N) is 1. The minimum absolute atomic E-state index is 0.667. The first-order chi connectivity index (χ1) is 9.76. The molecule has 0 bridgehead atoms. The summed E-state index contributed by atoms with van der Waals surface area (Å²) in [5.41, 5.74) is 5.81. The highest BCUT2D eigenvalue weighted by molar-refractivity contribution is 9.10. The first-order valence-electron chi connectivity index (χ1n) is 6.80. The number of nitriles is 1. The fraction of sp³-hybridized carbons (Fsp3) is 0.235. The van der Waals surface area contributed by atoms with Crippen LogP contribution in [-0.4, -0.2) is 0 Å². The quantitative estimate of drug-likeness (QED) is 0.906. The molecule has 0 atom stereocenters. The van der Waals surface area contributed by atoms with E-state index in [1.165, 1.54) is 36.0 Å². The van der Waals surface area contributed by atoms with Crippen molar-refractivity contribution in [1.29, 1.82) is 5.26 Å². The Hall–Kier alpha value is -1.79. The van der Waals surface area contributed by atoms with Crippen molar-refractivity contribution < 1.29 is 0 Å². The topological polar surface area (TPSA) is 35.8 Å². The number of hydrogen-bond acceptors (Lipinski definition) is 2. The van der Waals surface area contributed by atoms with Gasteiger partial charge in [0, 0.05) is 11.0 Å². The first-order valence-corrected chi connectivity index (χ1v) is 7.60. The largest absolute Gasteiger partial charge is 0.380 e. The van der Waals surface area contributed by atoms with Crippen LogP contribution in [0.5, 0.6) is 0 Å². The van der Waals surface area contributed by atoms with Gasteiger partial charge >= 0.3 is 0 Å². The van der Waals surface area contributed by atoms with Crippen LogP contribution in [-0.2, 0) is 19.4 Å². The molecule has 1 aliphatic carbocycles. The van der Waals surface area contributed by atoms with Gasteiger partial charge in [0.15, 0.2) is 0 Å². The molecule has 1 aliphatic rings. The van der Waals surface area contributed by atoms with E-state index in [0.717, 1.165) is 16.7 Å². The third-order valence-electron chi connectivity index (χ3n) is 3.75. The molecule has 0 unspecified atom stereocenters. The molecule has 0 radical (unpaired) electrons. The molecule has 20 heavy (non-hydrogen) atoms. The Kier molecular flexibility index (Phi) is 3.75. The Morgan fingerprint density at radius 3 is 2.80 bits per heavy atom. The Bertz CT molecular complexity index is 686. The van der Waals surface area contributed by atoms with E-state index in [0.29, 0.717) is 5.56 Å². The summed E-state index contributed by atoms with van der Waals surface area (Å²) in [5, 5.41) is 12.5. The average molecular weight is 327 g/mol. The van der Waals surface area contributed by atoms with Crippen molar-refractivity contribution in [2.45, 2.75) is 25.8 Å². The van der Waals surface area contributed by atoms with Gasteiger partial charge in [-0.15, -0.1) is 0 Å². The molecule has 0 aliphatic heterocycles. The molecule has 0 fully saturated rings. The number of nitrogens with zero attached hydrogens (tertiary/aromatic N) is 1. The van der Waals surface area contributed by atoms with Gasteiger partial charge in [0.05, 0.1) is 11.3 Å².